The minimum absolute atomic E-state index is 0.0204. The Morgan fingerprint density at radius 2 is 1.65 bits per heavy atom. The highest BCUT2D eigenvalue weighted by Crippen LogP contribution is 2.73. The Kier molecular flexibility index (Phi) is 6.05. The number of ether oxygens (including phenoxy) is 2. The summed E-state index contributed by atoms with van der Waals surface area (Å²) in [5.74, 6) is 1.36. The Hall–Kier alpha value is -1.49. The van der Waals surface area contributed by atoms with Crippen LogP contribution in [-0.4, -0.2) is 35.3 Å². The minimum atomic E-state index is -0.335. The average Bonchev–Trinajstić information content (AvgIpc) is 3.31. The number of carbonyl (C=O) groups excluding carboxylic acids is 3. The number of epoxide rings is 1. The van der Waals surface area contributed by atoms with E-state index in [1.807, 2.05) is 13.8 Å². The summed E-state index contributed by atoms with van der Waals surface area (Å²) in [5, 5.41) is 0. The molecule has 37 heavy (non-hydrogen) atoms. The lowest BCUT2D eigenvalue weighted by molar-refractivity contribution is -0.180. The highest BCUT2D eigenvalue weighted by Gasteiger charge is 2.68. The number of rotatable bonds is 5. The molecule has 0 radical (unpaired) electrons. The molecule has 206 valence electrons. The lowest BCUT2D eigenvalue weighted by Gasteiger charge is -2.67. The molecule has 0 spiro atoms. The van der Waals surface area contributed by atoms with Crippen LogP contribution >= 0.6 is 0 Å². The van der Waals surface area contributed by atoms with Gasteiger partial charge in [-0.25, -0.2) is 0 Å². The van der Waals surface area contributed by atoms with Crippen LogP contribution in [0.5, 0.6) is 0 Å². The Morgan fingerprint density at radius 3 is 2.24 bits per heavy atom. The number of ketones is 2. The first kappa shape index (κ1) is 27.1. The van der Waals surface area contributed by atoms with Crippen molar-refractivity contribution in [3.05, 3.63) is 11.1 Å². The quantitative estimate of drug-likeness (QED) is 0.306. The summed E-state index contributed by atoms with van der Waals surface area (Å²) in [6.07, 6.45) is 6.60. The van der Waals surface area contributed by atoms with Gasteiger partial charge in [-0.05, 0) is 86.5 Å². The van der Waals surface area contributed by atoms with E-state index in [-0.39, 0.29) is 57.1 Å². The molecule has 5 heteroatoms. The van der Waals surface area contributed by atoms with Crippen molar-refractivity contribution in [2.45, 2.75) is 131 Å². The van der Waals surface area contributed by atoms with Crippen LogP contribution in [0.15, 0.2) is 11.1 Å². The molecule has 1 aliphatic heterocycles. The standard InChI is InChI=1S/C32H48O5/c1-18(16-22(36-19(2)33)27-29(5,6)37-27)26-20-10-11-24-30(7)14-13-25(35)28(3,4)23(30)12-15-31(24,8)32(20,9)17-21(26)34/h18,22-24,27H,10-17H2,1-9H3/t18-,22+,23-,24+,27-,30+,31+,32+/m1/s1. The SMILES string of the molecule is CC(=O)O[C@@H](C[C@@H](C)C1=C2CC[C@H]3[C@@]4(C)CCC(=O)C(C)(C)[C@H]4CC[C@]3(C)[C@@]2(C)CC1=O)[C@H]1OC1(C)C. The molecule has 4 aliphatic carbocycles. The second kappa shape index (κ2) is 8.26. The van der Waals surface area contributed by atoms with Crippen LogP contribution in [0.4, 0.5) is 0 Å². The molecular weight excluding hydrogens is 464 g/mol. The molecule has 8 atom stereocenters. The monoisotopic (exact) mass is 512 g/mol. The summed E-state index contributed by atoms with van der Waals surface area (Å²) < 4.78 is 11.6. The second-order valence-electron chi connectivity index (χ2n) is 15.0. The van der Waals surface area contributed by atoms with Crippen molar-refractivity contribution in [1.82, 2.24) is 0 Å². The van der Waals surface area contributed by atoms with Gasteiger partial charge in [-0.2, -0.15) is 0 Å². The highest BCUT2D eigenvalue weighted by atomic mass is 16.6. The number of allylic oxidation sites excluding steroid dienone is 2. The minimum Gasteiger partial charge on any atom is -0.460 e. The summed E-state index contributed by atoms with van der Waals surface area (Å²) in [6, 6.07) is 0. The van der Waals surface area contributed by atoms with Crippen LogP contribution in [0, 0.1) is 39.4 Å². The fourth-order valence-electron chi connectivity index (χ4n) is 10.2. The Balaban J connectivity index is 1.46. The highest BCUT2D eigenvalue weighted by molar-refractivity contribution is 6.00. The van der Waals surface area contributed by atoms with Gasteiger partial charge in [0.05, 0.1) is 5.60 Å². The Bertz CT molecular complexity index is 1070. The molecule has 4 fully saturated rings. The van der Waals surface area contributed by atoms with E-state index in [1.54, 1.807) is 0 Å². The predicted molar refractivity (Wildman–Crippen MR) is 143 cm³/mol. The second-order valence-corrected chi connectivity index (χ2v) is 15.0. The number of hydrogen-bond acceptors (Lipinski definition) is 5. The molecule has 5 aliphatic rings. The first-order valence-electron chi connectivity index (χ1n) is 14.6. The Labute approximate surface area is 223 Å². The lowest BCUT2D eigenvalue weighted by Crippen LogP contribution is -2.62. The van der Waals surface area contributed by atoms with Gasteiger partial charge in [0.2, 0.25) is 0 Å². The van der Waals surface area contributed by atoms with E-state index in [9.17, 15) is 14.4 Å². The summed E-state index contributed by atoms with van der Waals surface area (Å²) in [7, 11) is 0. The molecule has 1 saturated heterocycles. The van der Waals surface area contributed by atoms with E-state index in [2.05, 4.69) is 41.5 Å². The summed E-state index contributed by atoms with van der Waals surface area (Å²) >= 11 is 0. The van der Waals surface area contributed by atoms with E-state index >= 15 is 0 Å². The molecule has 0 amide bonds. The summed E-state index contributed by atoms with van der Waals surface area (Å²) in [5.41, 5.74) is 1.84. The molecule has 0 aromatic carbocycles. The van der Waals surface area contributed by atoms with Crippen molar-refractivity contribution in [3.63, 3.8) is 0 Å². The van der Waals surface area contributed by atoms with Crippen molar-refractivity contribution in [2.24, 2.45) is 39.4 Å². The molecule has 5 rings (SSSR count). The topological polar surface area (TPSA) is 73.0 Å². The molecular formula is C32H48O5. The summed E-state index contributed by atoms with van der Waals surface area (Å²) in [4.78, 5) is 38.6. The number of carbonyl (C=O) groups is 3. The third-order valence-corrected chi connectivity index (χ3v) is 12.3. The van der Waals surface area contributed by atoms with E-state index in [1.165, 1.54) is 12.5 Å². The van der Waals surface area contributed by atoms with E-state index in [4.69, 9.17) is 9.47 Å². The van der Waals surface area contributed by atoms with Gasteiger partial charge in [0, 0.05) is 30.6 Å². The maximum absolute atomic E-state index is 13.8. The largest absolute Gasteiger partial charge is 0.460 e. The van der Waals surface area contributed by atoms with Crippen molar-refractivity contribution >= 4 is 17.5 Å². The predicted octanol–water partition coefficient (Wildman–Crippen LogP) is 6.62. The zero-order valence-corrected chi connectivity index (χ0v) is 24.6. The van der Waals surface area contributed by atoms with Crippen LogP contribution in [0.25, 0.3) is 0 Å². The third kappa shape index (κ3) is 3.76. The number of esters is 1. The van der Waals surface area contributed by atoms with Crippen molar-refractivity contribution in [2.75, 3.05) is 0 Å². The van der Waals surface area contributed by atoms with Crippen LogP contribution in [-0.2, 0) is 23.9 Å². The Morgan fingerprint density at radius 1 is 1.00 bits per heavy atom. The number of Topliss-reactive ketones (excluding diaryl/α,β-unsaturated/α-hetero) is 2. The van der Waals surface area contributed by atoms with E-state index in [0.717, 1.165) is 37.7 Å². The smallest absolute Gasteiger partial charge is 0.302 e. The molecule has 0 N–H and O–H groups in total. The van der Waals surface area contributed by atoms with Crippen molar-refractivity contribution in [1.29, 1.82) is 0 Å². The summed E-state index contributed by atoms with van der Waals surface area (Å²) in [6.45, 7) is 19.3. The number of fused-ring (bicyclic) bond motifs is 5. The van der Waals surface area contributed by atoms with E-state index in [0.29, 0.717) is 36.9 Å². The van der Waals surface area contributed by atoms with Gasteiger partial charge in [0.25, 0.3) is 0 Å². The normalized spacial score (nSPS) is 43.4. The molecule has 0 bridgehead atoms. The first-order valence-corrected chi connectivity index (χ1v) is 14.6. The van der Waals surface area contributed by atoms with E-state index < -0.39 is 0 Å². The zero-order valence-electron chi connectivity index (χ0n) is 24.6. The molecule has 0 unspecified atom stereocenters. The molecule has 3 saturated carbocycles. The average molecular weight is 513 g/mol. The van der Waals surface area contributed by atoms with Gasteiger partial charge in [-0.3, -0.25) is 14.4 Å². The number of hydrogen-bond donors (Lipinski definition) is 0. The van der Waals surface area contributed by atoms with Crippen LogP contribution in [0.1, 0.15) is 114 Å². The first-order chi connectivity index (χ1) is 17.0. The van der Waals surface area contributed by atoms with Crippen LogP contribution in [0.2, 0.25) is 0 Å². The molecule has 0 aromatic rings. The zero-order chi connectivity index (χ0) is 27.3. The van der Waals surface area contributed by atoms with Crippen LogP contribution in [0.3, 0.4) is 0 Å². The maximum atomic E-state index is 13.8. The fraction of sp³-hybridized carbons (Fsp3) is 0.844. The van der Waals surface area contributed by atoms with Gasteiger partial charge in [0.15, 0.2) is 5.78 Å². The van der Waals surface area contributed by atoms with Crippen molar-refractivity contribution in [3.8, 4) is 0 Å². The maximum Gasteiger partial charge on any atom is 0.302 e. The van der Waals surface area contributed by atoms with Gasteiger partial charge in [0.1, 0.15) is 18.0 Å². The third-order valence-electron chi connectivity index (χ3n) is 12.3. The van der Waals surface area contributed by atoms with Gasteiger partial charge < -0.3 is 9.47 Å². The molecule has 0 aromatic heterocycles. The molecule has 5 nitrogen and oxygen atoms in total. The van der Waals surface area contributed by atoms with Gasteiger partial charge >= 0.3 is 5.97 Å². The fourth-order valence-corrected chi connectivity index (χ4v) is 10.2. The molecule has 1 heterocycles. The van der Waals surface area contributed by atoms with Crippen LogP contribution < -0.4 is 0 Å². The van der Waals surface area contributed by atoms with Crippen molar-refractivity contribution < 1.29 is 23.9 Å². The lowest BCUT2D eigenvalue weighted by atomic mass is 9.36. The van der Waals surface area contributed by atoms with Gasteiger partial charge in [-0.15, -0.1) is 0 Å². The van der Waals surface area contributed by atoms with Gasteiger partial charge in [-0.1, -0.05) is 47.1 Å².